The second kappa shape index (κ2) is 4.88. The van der Waals surface area contributed by atoms with Crippen LogP contribution in [0.5, 0.6) is 0 Å². The molecule has 1 aromatic carbocycles. The smallest absolute Gasteiger partial charge is 0.0414 e. The summed E-state index contributed by atoms with van der Waals surface area (Å²) in [6, 6.07) is 9.93. The molecule has 2 atom stereocenters. The van der Waals surface area contributed by atoms with E-state index in [1.54, 1.807) is 0 Å². The molecule has 1 aromatic rings. The number of anilines is 1. The van der Waals surface area contributed by atoms with E-state index in [-0.39, 0.29) is 0 Å². The predicted molar refractivity (Wildman–Crippen MR) is 69.8 cm³/mol. The second-order valence-electron chi connectivity index (χ2n) is 4.82. The van der Waals surface area contributed by atoms with E-state index in [4.69, 9.17) is 0 Å². The van der Waals surface area contributed by atoms with Crippen LogP contribution in [0.3, 0.4) is 0 Å². The molecule has 1 N–H and O–H groups in total. The Labute approximate surface area is 98.7 Å². The van der Waals surface area contributed by atoms with Gasteiger partial charge in [-0.2, -0.15) is 0 Å². The lowest BCUT2D eigenvalue weighted by Crippen LogP contribution is -2.40. The van der Waals surface area contributed by atoms with E-state index >= 15 is 0 Å². The molecule has 0 amide bonds. The van der Waals surface area contributed by atoms with Crippen molar-refractivity contribution in [1.29, 1.82) is 0 Å². The Balaban J connectivity index is 2.34. The van der Waals surface area contributed by atoms with Crippen LogP contribution in [-0.2, 0) is 6.54 Å². The maximum atomic E-state index is 3.57. The minimum absolute atomic E-state index is 0.557. The third-order valence-electron chi connectivity index (χ3n) is 3.54. The van der Waals surface area contributed by atoms with Crippen molar-refractivity contribution in [3.63, 3.8) is 0 Å². The average Bonchev–Trinajstić information content (AvgIpc) is 2.48. The monoisotopic (exact) mass is 218 g/mol. The highest BCUT2D eigenvalue weighted by atomic mass is 15.2. The van der Waals surface area contributed by atoms with Gasteiger partial charge in [-0.05, 0) is 31.9 Å². The number of para-hydroxylation sites is 1. The second-order valence-corrected chi connectivity index (χ2v) is 4.82. The molecule has 2 unspecified atom stereocenters. The summed E-state index contributed by atoms with van der Waals surface area (Å²) in [6.45, 7) is 8.93. The Hall–Kier alpha value is -1.02. The fourth-order valence-electron chi connectivity index (χ4n) is 2.32. The number of hydrogen-bond donors (Lipinski definition) is 1. The Bertz CT molecular complexity index is 348. The molecule has 0 radical (unpaired) electrons. The fraction of sp³-hybridized carbons (Fsp3) is 0.571. The topological polar surface area (TPSA) is 15.3 Å². The van der Waals surface area contributed by atoms with Crippen molar-refractivity contribution in [2.24, 2.45) is 0 Å². The SMILES string of the molecule is CCC(C)N1CC(C)NCc2ccccc21. The average molecular weight is 218 g/mol. The van der Waals surface area contributed by atoms with Gasteiger partial charge in [-0.1, -0.05) is 25.1 Å². The third-order valence-corrected chi connectivity index (χ3v) is 3.54. The summed E-state index contributed by atoms with van der Waals surface area (Å²) in [5, 5.41) is 3.57. The first kappa shape index (κ1) is 11.5. The van der Waals surface area contributed by atoms with Crippen molar-refractivity contribution < 1.29 is 0 Å². The van der Waals surface area contributed by atoms with Crippen LogP contribution in [-0.4, -0.2) is 18.6 Å². The number of hydrogen-bond acceptors (Lipinski definition) is 2. The summed E-state index contributed by atoms with van der Waals surface area (Å²) < 4.78 is 0. The van der Waals surface area contributed by atoms with Gasteiger partial charge in [-0.15, -0.1) is 0 Å². The van der Waals surface area contributed by atoms with Crippen LogP contribution >= 0.6 is 0 Å². The number of benzene rings is 1. The van der Waals surface area contributed by atoms with Gasteiger partial charge in [-0.3, -0.25) is 0 Å². The maximum absolute atomic E-state index is 3.57. The molecule has 1 aliphatic heterocycles. The van der Waals surface area contributed by atoms with Crippen LogP contribution in [0.2, 0.25) is 0 Å². The van der Waals surface area contributed by atoms with E-state index in [9.17, 15) is 0 Å². The maximum Gasteiger partial charge on any atom is 0.0414 e. The van der Waals surface area contributed by atoms with Gasteiger partial charge in [0.1, 0.15) is 0 Å². The van der Waals surface area contributed by atoms with Gasteiger partial charge in [0.2, 0.25) is 0 Å². The number of nitrogens with one attached hydrogen (secondary N) is 1. The Morgan fingerprint density at radius 3 is 2.94 bits per heavy atom. The molecule has 0 saturated carbocycles. The first-order valence-corrected chi connectivity index (χ1v) is 6.30. The van der Waals surface area contributed by atoms with Gasteiger partial charge >= 0.3 is 0 Å². The summed E-state index contributed by atoms with van der Waals surface area (Å²) in [5.41, 5.74) is 2.83. The lowest BCUT2D eigenvalue weighted by molar-refractivity contribution is 0.521. The highest BCUT2D eigenvalue weighted by Crippen LogP contribution is 2.25. The van der Waals surface area contributed by atoms with Gasteiger partial charge in [-0.25, -0.2) is 0 Å². The predicted octanol–water partition coefficient (Wildman–Crippen LogP) is 2.78. The van der Waals surface area contributed by atoms with E-state index in [0.29, 0.717) is 12.1 Å². The number of nitrogens with zero attached hydrogens (tertiary/aromatic N) is 1. The van der Waals surface area contributed by atoms with Crippen LogP contribution in [0, 0.1) is 0 Å². The molecule has 0 saturated heterocycles. The molecule has 0 aromatic heterocycles. The minimum atomic E-state index is 0.557. The van der Waals surface area contributed by atoms with E-state index in [1.165, 1.54) is 17.7 Å². The first-order valence-electron chi connectivity index (χ1n) is 6.30. The number of rotatable bonds is 2. The van der Waals surface area contributed by atoms with Gasteiger partial charge in [0.25, 0.3) is 0 Å². The largest absolute Gasteiger partial charge is 0.367 e. The van der Waals surface area contributed by atoms with E-state index in [2.05, 4.69) is 55.3 Å². The molecule has 0 spiro atoms. The van der Waals surface area contributed by atoms with Crippen molar-refractivity contribution in [2.45, 2.75) is 45.8 Å². The molecule has 0 bridgehead atoms. The zero-order valence-corrected chi connectivity index (χ0v) is 10.5. The molecule has 2 rings (SSSR count). The molecule has 1 heterocycles. The Morgan fingerprint density at radius 2 is 2.19 bits per heavy atom. The highest BCUT2D eigenvalue weighted by Gasteiger charge is 2.21. The molecular weight excluding hydrogens is 196 g/mol. The van der Waals surface area contributed by atoms with Crippen molar-refractivity contribution in [1.82, 2.24) is 5.32 Å². The highest BCUT2D eigenvalue weighted by molar-refractivity contribution is 5.55. The van der Waals surface area contributed by atoms with Gasteiger partial charge in [0.15, 0.2) is 0 Å². The van der Waals surface area contributed by atoms with Crippen LogP contribution in [0.4, 0.5) is 5.69 Å². The molecule has 0 fully saturated rings. The van der Waals surface area contributed by atoms with E-state index in [1.807, 2.05) is 0 Å². The normalized spacial score (nSPS) is 22.4. The zero-order valence-electron chi connectivity index (χ0n) is 10.5. The first-order chi connectivity index (χ1) is 7.72. The molecule has 0 aliphatic carbocycles. The lowest BCUT2D eigenvalue weighted by Gasteiger charge is -2.32. The standard InChI is InChI=1S/C14H22N2/c1-4-12(3)16-10-11(2)15-9-13-7-5-6-8-14(13)16/h5-8,11-12,15H,4,9-10H2,1-3H3. The summed E-state index contributed by atoms with van der Waals surface area (Å²) in [6.07, 6.45) is 1.20. The zero-order chi connectivity index (χ0) is 11.5. The number of fused-ring (bicyclic) bond motifs is 1. The summed E-state index contributed by atoms with van der Waals surface area (Å²) in [5.74, 6) is 0. The molecule has 2 nitrogen and oxygen atoms in total. The molecule has 2 heteroatoms. The van der Waals surface area contributed by atoms with Crippen molar-refractivity contribution in [3.05, 3.63) is 29.8 Å². The van der Waals surface area contributed by atoms with E-state index in [0.717, 1.165) is 13.1 Å². The lowest BCUT2D eigenvalue weighted by atomic mass is 10.1. The summed E-state index contributed by atoms with van der Waals surface area (Å²) >= 11 is 0. The molecule has 16 heavy (non-hydrogen) atoms. The molecule has 1 aliphatic rings. The van der Waals surface area contributed by atoms with Crippen molar-refractivity contribution >= 4 is 5.69 Å². The Kier molecular flexibility index (Phi) is 3.49. The summed E-state index contributed by atoms with van der Waals surface area (Å²) in [4.78, 5) is 2.54. The van der Waals surface area contributed by atoms with Crippen molar-refractivity contribution in [3.8, 4) is 0 Å². The van der Waals surface area contributed by atoms with Gasteiger partial charge in [0.05, 0.1) is 0 Å². The van der Waals surface area contributed by atoms with Crippen LogP contribution in [0.25, 0.3) is 0 Å². The summed E-state index contributed by atoms with van der Waals surface area (Å²) in [7, 11) is 0. The van der Waals surface area contributed by atoms with Crippen LogP contribution < -0.4 is 10.2 Å². The molecular formula is C14H22N2. The minimum Gasteiger partial charge on any atom is -0.367 e. The Morgan fingerprint density at radius 1 is 1.44 bits per heavy atom. The van der Waals surface area contributed by atoms with Crippen molar-refractivity contribution in [2.75, 3.05) is 11.4 Å². The fourth-order valence-corrected chi connectivity index (χ4v) is 2.32. The van der Waals surface area contributed by atoms with Gasteiger partial charge in [0, 0.05) is 30.9 Å². The quantitative estimate of drug-likeness (QED) is 0.821. The van der Waals surface area contributed by atoms with E-state index < -0.39 is 0 Å². The third kappa shape index (κ3) is 2.22. The molecule has 88 valence electrons. The van der Waals surface area contributed by atoms with Gasteiger partial charge < -0.3 is 10.2 Å². The van der Waals surface area contributed by atoms with Crippen LogP contribution in [0.15, 0.2) is 24.3 Å². The van der Waals surface area contributed by atoms with Crippen LogP contribution in [0.1, 0.15) is 32.8 Å².